The van der Waals surface area contributed by atoms with Crippen LogP contribution in [0.5, 0.6) is 5.88 Å². The van der Waals surface area contributed by atoms with Gasteiger partial charge in [-0.2, -0.15) is 9.40 Å². The Labute approximate surface area is 215 Å². The average molecular weight is 532 g/mol. The van der Waals surface area contributed by atoms with Crippen LogP contribution in [0.1, 0.15) is 25.5 Å². The largest absolute Gasteiger partial charge is 0.475 e. The van der Waals surface area contributed by atoms with Gasteiger partial charge in [0.15, 0.2) is 5.52 Å². The van der Waals surface area contributed by atoms with Gasteiger partial charge in [0.05, 0.1) is 24.1 Å². The lowest BCUT2D eigenvalue weighted by Crippen LogP contribution is -2.47. The summed E-state index contributed by atoms with van der Waals surface area (Å²) in [6, 6.07) is 1.48. The number of aromatic nitrogens is 5. The van der Waals surface area contributed by atoms with E-state index in [1.807, 2.05) is 18.7 Å². The van der Waals surface area contributed by atoms with Crippen molar-refractivity contribution < 1.29 is 17.9 Å². The van der Waals surface area contributed by atoms with Crippen LogP contribution in [0.3, 0.4) is 0 Å². The van der Waals surface area contributed by atoms with E-state index in [4.69, 9.17) is 14.5 Å². The van der Waals surface area contributed by atoms with Crippen LogP contribution in [0.4, 0.5) is 0 Å². The quantitative estimate of drug-likeness (QED) is 0.382. The maximum Gasteiger partial charge on any atom is 0.279 e. The molecule has 0 amide bonds. The number of hydrogen-bond donors (Lipinski definition) is 1. The maximum atomic E-state index is 13.4. The second-order valence-corrected chi connectivity index (χ2v) is 11.5. The molecule has 3 aromatic heterocycles. The lowest BCUT2D eigenvalue weighted by Gasteiger charge is -2.31. The zero-order valence-electron chi connectivity index (χ0n) is 21.4. The van der Waals surface area contributed by atoms with Crippen molar-refractivity contribution in [1.82, 2.24) is 33.9 Å². The minimum atomic E-state index is -3.80. The molecule has 0 aromatic carbocycles. The number of sulfonamides is 1. The van der Waals surface area contributed by atoms with Gasteiger partial charge in [-0.3, -0.25) is 9.48 Å². The van der Waals surface area contributed by atoms with Crippen LogP contribution >= 0.6 is 0 Å². The number of fused-ring (bicyclic) bond motifs is 1. The van der Waals surface area contributed by atoms with E-state index in [0.29, 0.717) is 56.2 Å². The van der Waals surface area contributed by atoms with Gasteiger partial charge in [-0.1, -0.05) is 6.92 Å². The number of nitrogens with one attached hydrogen (secondary N) is 1. The Kier molecular flexibility index (Phi) is 7.30. The van der Waals surface area contributed by atoms with Crippen molar-refractivity contribution >= 4 is 21.1 Å². The molecule has 0 atom stereocenters. The predicted octanol–water partition coefficient (Wildman–Crippen LogP) is 1.12. The van der Waals surface area contributed by atoms with Crippen molar-refractivity contribution in [2.24, 2.45) is 5.92 Å². The van der Waals surface area contributed by atoms with E-state index in [9.17, 15) is 13.2 Å². The first-order valence-corrected chi connectivity index (χ1v) is 14.1. The number of ether oxygens (including phenoxy) is 2. The molecule has 2 aliphatic rings. The lowest BCUT2D eigenvalue weighted by atomic mass is 10.2. The second-order valence-electron chi connectivity index (χ2n) is 9.61. The fourth-order valence-electron chi connectivity index (χ4n) is 4.50. The maximum absolute atomic E-state index is 13.4. The molecule has 5 rings (SSSR count). The fourth-order valence-corrected chi connectivity index (χ4v) is 5.89. The molecule has 1 aliphatic heterocycles. The summed E-state index contributed by atoms with van der Waals surface area (Å²) < 4.78 is 41.1. The molecule has 0 unspecified atom stereocenters. The van der Waals surface area contributed by atoms with Gasteiger partial charge < -0.3 is 19.4 Å². The van der Waals surface area contributed by atoms with E-state index in [0.717, 1.165) is 25.1 Å². The van der Waals surface area contributed by atoms with Gasteiger partial charge in [-0.25, -0.2) is 18.4 Å². The predicted molar refractivity (Wildman–Crippen MR) is 137 cm³/mol. The Morgan fingerprint density at radius 2 is 1.89 bits per heavy atom. The molecule has 1 aliphatic carbocycles. The van der Waals surface area contributed by atoms with Crippen molar-refractivity contribution in [3.05, 3.63) is 28.3 Å². The summed E-state index contributed by atoms with van der Waals surface area (Å²) >= 11 is 0. The zero-order valence-corrected chi connectivity index (χ0v) is 22.3. The highest BCUT2D eigenvalue weighted by Gasteiger charge is 2.30. The van der Waals surface area contributed by atoms with Gasteiger partial charge in [0.2, 0.25) is 15.9 Å². The van der Waals surface area contributed by atoms with Crippen LogP contribution in [-0.4, -0.2) is 95.9 Å². The van der Waals surface area contributed by atoms with Gasteiger partial charge in [-0.05, 0) is 38.3 Å². The van der Waals surface area contributed by atoms with Gasteiger partial charge in [0.1, 0.15) is 22.8 Å². The molecule has 1 N–H and O–H groups in total. The summed E-state index contributed by atoms with van der Waals surface area (Å²) in [5.74, 6) is 0.938. The van der Waals surface area contributed by atoms with Gasteiger partial charge in [-0.15, -0.1) is 0 Å². The van der Waals surface area contributed by atoms with Crippen molar-refractivity contribution in [2.75, 3.05) is 53.6 Å². The Morgan fingerprint density at radius 3 is 2.57 bits per heavy atom. The van der Waals surface area contributed by atoms with Crippen LogP contribution < -0.4 is 10.3 Å². The van der Waals surface area contributed by atoms with Gasteiger partial charge >= 0.3 is 0 Å². The van der Waals surface area contributed by atoms with Crippen molar-refractivity contribution in [3.63, 3.8) is 0 Å². The average Bonchev–Trinajstić information content (AvgIpc) is 3.63. The number of pyridine rings is 1. The third-order valence-electron chi connectivity index (χ3n) is 6.87. The molecule has 1 saturated carbocycles. The highest BCUT2D eigenvalue weighted by Crippen LogP contribution is 2.33. The first-order valence-electron chi connectivity index (χ1n) is 12.6. The van der Waals surface area contributed by atoms with Crippen molar-refractivity contribution in [1.29, 1.82) is 0 Å². The lowest BCUT2D eigenvalue weighted by molar-refractivity contribution is 0.144. The number of aryl methyl sites for hydroxylation is 1. The van der Waals surface area contributed by atoms with Crippen LogP contribution in [-0.2, 0) is 27.7 Å². The number of nitrogens with zero attached hydrogens (tertiary/aromatic N) is 6. The van der Waals surface area contributed by atoms with Gasteiger partial charge in [0, 0.05) is 39.8 Å². The van der Waals surface area contributed by atoms with Crippen LogP contribution in [0.25, 0.3) is 22.4 Å². The fraction of sp³-hybridized carbons (Fsp3) is 0.583. The molecule has 12 nitrogen and oxygen atoms in total. The van der Waals surface area contributed by atoms with Crippen LogP contribution in [0.2, 0.25) is 0 Å². The molecule has 37 heavy (non-hydrogen) atoms. The molecule has 4 heterocycles. The molecule has 0 spiro atoms. The number of methoxy groups -OCH3 is 1. The summed E-state index contributed by atoms with van der Waals surface area (Å²) in [7, 11) is -0.277. The number of likely N-dealkylation sites (N-methyl/N-ethyl adjacent to an activating group) is 1. The number of hydrogen-bond acceptors (Lipinski definition) is 9. The molecule has 0 radical (unpaired) electrons. The Bertz CT molecular complexity index is 1440. The Morgan fingerprint density at radius 1 is 1.14 bits per heavy atom. The second kappa shape index (κ2) is 10.5. The first-order chi connectivity index (χ1) is 17.8. The van der Waals surface area contributed by atoms with E-state index in [1.165, 1.54) is 16.6 Å². The summed E-state index contributed by atoms with van der Waals surface area (Å²) in [4.78, 5) is 27.1. The Hall–Kier alpha value is -2.87. The number of rotatable bonds is 10. The van der Waals surface area contributed by atoms with E-state index >= 15 is 0 Å². The van der Waals surface area contributed by atoms with E-state index in [-0.39, 0.29) is 34.3 Å². The molecular weight excluding hydrogens is 498 g/mol. The molecule has 2 fully saturated rings. The van der Waals surface area contributed by atoms with Crippen molar-refractivity contribution in [3.8, 4) is 17.3 Å². The highest BCUT2D eigenvalue weighted by atomic mass is 32.2. The molecule has 200 valence electrons. The molecule has 0 bridgehead atoms. The molecule has 13 heteroatoms. The smallest absolute Gasteiger partial charge is 0.279 e. The molecule has 1 saturated heterocycles. The molecular formula is C24H33N7O5S. The topological polar surface area (TPSA) is 136 Å². The monoisotopic (exact) mass is 531 g/mol. The van der Waals surface area contributed by atoms with Gasteiger partial charge in [0.25, 0.3) is 5.56 Å². The third kappa shape index (κ3) is 5.26. The zero-order chi connectivity index (χ0) is 26.2. The number of piperazine rings is 1. The first kappa shape index (κ1) is 25.8. The number of H-pyrrole nitrogens is 1. The van der Waals surface area contributed by atoms with Crippen molar-refractivity contribution in [2.45, 2.75) is 37.6 Å². The minimum absolute atomic E-state index is 0.0223. The standard InChI is InChI=1S/C24H33N7O5S/c1-4-19-20-21(28-31(19)15-16-5-6-16)23(32)27-22(26-20)18-13-17(14-25-24(18)36-12-11-35-3)37(33,34)30-9-7-29(2)8-10-30/h13-14,16H,4-12,15H2,1-3H3,(H,26,27,32). The summed E-state index contributed by atoms with van der Waals surface area (Å²) in [6.45, 7) is 5.36. The van der Waals surface area contributed by atoms with E-state index in [1.54, 1.807) is 7.11 Å². The van der Waals surface area contributed by atoms with E-state index < -0.39 is 10.0 Å². The minimum Gasteiger partial charge on any atom is -0.475 e. The van der Waals surface area contributed by atoms with Crippen LogP contribution in [0.15, 0.2) is 22.0 Å². The van der Waals surface area contributed by atoms with E-state index in [2.05, 4.69) is 20.0 Å². The number of aromatic amines is 1. The molecule has 3 aromatic rings. The highest BCUT2D eigenvalue weighted by molar-refractivity contribution is 7.89. The van der Waals surface area contributed by atoms with Crippen LogP contribution in [0, 0.1) is 5.92 Å². The third-order valence-corrected chi connectivity index (χ3v) is 8.73. The summed E-state index contributed by atoms with van der Waals surface area (Å²) in [5.41, 5.74) is 1.57. The summed E-state index contributed by atoms with van der Waals surface area (Å²) in [6.07, 6.45) is 4.28. The Balaban J connectivity index is 1.59. The SMILES string of the molecule is CCc1c2nc(-c3cc(S(=O)(=O)N4CCN(C)CC4)cnc3OCCOC)[nH]c(=O)c2nn1CC1CC1. The summed E-state index contributed by atoms with van der Waals surface area (Å²) in [5, 5.41) is 4.55. The normalized spacial score (nSPS) is 17.5.